The molecule has 0 heterocycles. The van der Waals surface area contributed by atoms with Crippen LogP contribution in [-0.2, 0) is 9.53 Å². The lowest BCUT2D eigenvalue weighted by molar-refractivity contribution is -0.114. The van der Waals surface area contributed by atoms with Crippen molar-refractivity contribution >= 4 is 52.2 Å². The number of halogens is 4. The van der Waals surface area contributed by atoms with Crippen molar-refractivity contribution in [3.8, 4) is 0 Å². The van der Waals surface area contributed by atoms with E-state index in [-0.39, 0.29) is 11.6 Å². The predicted octanol–water partition coefficient (Wildman–Crippen LogP) is 2.69. The Morgan fingerprint density at radius 1 is 1.50 bits per heavy atom. The average Bonchev–Trinajstić information content (AvgIpc) is 1.97. The fraction of sp³-hybridized carbons (Fsp3) is 0.500. The standard InChI is InChI=1S/C6H6Cl4O2/c1-12-4(3-7)2-5(11)6(8,9)10/h2H,3H2,1H3. The summed E-state index contributed by atoms with van der Waals surface area (Å²) in [6.45, 7) is 0. The summed E-state index contributed by atoms with van der Waals surface area (Å²) < 4.78 is 2.75. The highest BCUT2D eigenvalue weighted by Gasteiger charge is 2.28. The van der Waals surface area contributed by atoms with Crippen LogP contribution >= 0.6 is 46.4 Å². The number of methoxy groups -OCH3 is 1. The summed E-state index contributed by atoms with van der Waals surface area (Å²) in [5.74, 6) is -0.360. The molecule has 70 valence electrons. The molecule has 0 aliphatic carbocycles. The first-order chi connectivity index (χ1) is 5.41. The second kappa shape index (κ2) is 5.18. The third-order valence-corrected chi connectivity index (χ3v) is 1.79. The summed E-state index contributed by atoms with van der Waals surface area (Å²) in [6.07, 6.45) is 1.06. The van der Waals surface area contributed by atoms with E-state index in [0.717, 1.165) is 6.08 Å². The first-order valence-corrected chi connectivity index (χ1v) is 4.50. The molecule has 0 unspecified atom stereocenters. The fourth-order valence-corrected chi connectivity index (χ4v) is 0.730. The van der Waals surface area contributed by atoms with Gasteiger partial charge in [-0.25, -0.2) is 0 Å². The smallest absolute Gasteiger partial charge is 0.252 e. The highest BCUT2D eigenvalue weighted by molar-refractivity contribution is 6.77. The highest BCUT2D eigenvalue weighted by Crippen LogP contribution is 2.27. The van der Waals surface area contributed by atoms with Gasteiger partial charge in [-0.15, -0.1) is 11.6 Å². The number of rotatable bonds is 3. The Hall–Kier alpha value is 0.370. The van der Waals surface area contributed by atoms with Crippen molar-refractivity contribution in [1.82, 2.24) is 0 Å². The molecule has 0 rings (SSSR count). The molecule has 0 aliphatic heterocycles. The van der Waals surface area contributed by atoms with Crippen molar-refractivity contribution in [3.63, 3.8) is 0 Å². The summed E-state index contributed by atoms with van der Waals surface area (Å²) in [6, 6.07) is 0. The molecule has 0 aromatic heterocycles. The van der Waals surface area contributed by atoms with Gasteiger partial charge in [0, 0.05) is 6.08 Å². The van der Waals surface area contributed by atoms with Crippen molar-refractivity contribution in [2.24, 2.45) is 0 Å². The Bertz CT molecular complexity index is 188. The van der Waals surface area contributed by atoms with E-state index in [2.05, 4.69) is 0 Å². The van der Waals surface area contributed by atoms with Gasteiger partial charge < -0.3 is 4.74 Å². The van der Waals surface area contributed by atoms with Crippen molar-refractivity contribution < 1.29 is 9.53 Å². The number of ketones is 1. The Morgan fingerprint density at radius 2 is 2.00 bits per heavy atom. The Morgan fingerprint density at radius 3 is 2.25 bits per heavy atom. The Kier molecular flexibility index (Phi) is 5.34. The van der Waals surface area contributed by atoms with Crippen LogP contribution in [0, 0.1) is 0 Å². The lowest BCUT2D eigenvalue weighted by Gasteiger charge is -2.06. The average molecular weight is 252 g/mol. The van der Waals surface area contributed by atoms with E-state index in [9.17, 15) is 4.79 Å². The molecule has 0 fully saturated rings. The molecule has 0 radical (unpaired) electrons. The second-order valence-corrected chi connectivity index (χ2v) is 4.36. The van der Waals surface area contributed by atoms with Gasteiger partial charge in [0.15, 0.2) is 0 Å². The molecule has 0 atom stereocenters. The van der Waals surface area contributed by atoms with Crippen LogP contribution in [0.5, 0.6) is 0 Å². The van der Waals surface area contributed by atoms with Crippen LogP contribution in [0.15, 0.2) is 11.8 Å². The Balaban J connectivity index is 4.42. The van der Waals surface area contributed by atoms with Gasteiger partial charge in [-0.1, -0.05) is 34.8 Å². The number of hydrogen-bond acceptors (Lipinski definition) is 2. The van der Waals surface area contributed by atoms with Crippen LogP contribution in [0.4, 0.5) is 0 Å². The van der Waals surface area contributed by atoms with Gasteiger partial charge >= 0.3 is 0 Å². The van der Waals surface area contributed by atoms with Gasteiger partial charge in [-0.2, -0.15) is 0 Å². The molecular formula is C6H6Cl4O2. The van der Waals surface area contributed by atoms with Gasteiger partial charge in [-0.05, 0) is 0 Å². The van der Waals surface area contributed by atoms with Crippen LogP contribution in [-0.4, -0.2) is 22.6 Å². The minimum atomic E-state index is -1.95. The molecule has 0 bridgehead atoms. The highest BCUT2D eigenvalue weighted by atomic mass is 35.6. The number of allylic oxidation sites excluding steroid dienone is 2. The van der Waals surface area contributed by atoms with E-state index < -0.39 is 9.58 Å². The van der Waals surface area contributed by atoms with Crippen LogP contribution < -0.4 is 0 Å². The zero-order valence-corrected chi connectivity index (χ0v) is 9.14. The normalized spacial score (nSPS) is 12.9. The van der Waals surface area contributed by atoms with Crippen molar-refractivity contribution in [3.05, 3.63) is 11.8 Å². The van der Waals surface area contributed by atoms with Gasteiger partial charge in [0.05, 0.1) is 13.0 Å². The molecular weight excluding hydrogens is 246 g/mol. The quantitative estimate of drug-likeness (QED) is 0.438. The maximum Gasteiger partial charge on any atom is 0.252 e. The van der Waals surface area contributed by atoms with Crippen LogP contribution in [0.1, 0.15) is 0 Å². The SMILES string of the molecule is COC(=CC(=O)C(Cl)(Cl)Cl)CCl. The van der Waals surface area contributed by atoms with Crippen molar-refractivity contribution in [2.75, 3.05) is 13.0 Å². The molecule has 0 aliphatic rings. The predicted molar refractivity (Wildman–Crippen MR) is 51.1 cm³/mol. The summed E-state index contributed by atoms with van der Waals surface area (Å²) >= 11 is 21.2. The third-order valence-electron chi connectivity index (χ3n) is 0.965. The summed E-state index contributed by atoms with van der Waals surface area (Å²) in [7, 11) is 1.37. The van der Waals surface area contributed by atoms with Crippen LogP contribution in [0.3, 0.4) is 0 Å². The molecule has 2 nitrogen and oxygen atoms in total. The van der Waals surface area contributed by atoms with E-state index >= 15 is 0 Å². The number of alkyl halides is 4. The van der Waals surface area contributed by atoms with E-state index in [1.807, 2.05) is 0 Å². The van der Waals surface area contributed by atoms with Gasteiger partial charge in [0.1, 0.15) is 5.76 Å². The summed E-state index contributed by atoms with van der Waals surface area (Å²) in [5, 5.41) is 0. The number of carbonyl (C=O) groups is 1. The molecule has 0 saturated carbocycles. The lowest BCUT2D eigenvalue weighted by Crippen LogP contribution is -2.16. The minimum Gasteiger partial charge on any atom is -0.500 e. The number of ether oxygens (including phenoxy) is 1. The minimum absolute atomic E-state index is 0.0585. The molecule has 0 aromatic rings. The van der Waals surface area contributed by atoms with Crippen LogP contribution in [0.25, 0.3) is 0 Å². The summed E-state index contributed by atoms with van der Waals surface area (Å²) in [4.78, 5) is 11.0. The molecule has 0 saturated heterocycles. The lowest BCUT2D eigenvalue weighted by atomic mass is 10.3. The zero-order valence-electron chi connectivity index (χ0n) is 6.11. The Labute approximate surface area is 90.4 Å². The third kappa shape index (κ3) is 4.41. The van der Waals surface area contributed by atoms with E-state index in [1.54, 1.807) is 0 Å². The molecule has 0 spiro atoms. The van der Waals surface area contributed by atoms with E-state index in [0.29, 0.717) is 0 Å². The number of carbonyl (C=O) groups excluding carboxylic acids is 1. The summed E-state index contributed by atoms with van der Waals surface area (Å²) in [5.41, 5.74) is 0. The van der Waals surface area contributed by atoms with E-state index in [4.69, 9.17) is 51.1 Å². The first-order valence-electron chi connectivity index (χ1n) is 2.83. The number of hydrogen-bond donors (Lipinski definition) is 0. The largest absolute Gasteiger partial charge is 0.500 e. The zero-order chi connectivity index (χ0) is 9.78. The van der Waals surface area contributed by atoms with Gasteiger partial charge in [0.25, 0.3) is 3.79 Å². The van der Waals surface area contributed by atoms with Gasteiger partial charge in [0.2, 0.25) is 5.78 Å². The van der Waals surface area contributed by atoms with E-state index in [1.165, 1.54) is 7.11 Å². The maximum atomic E-state index is 11.0. The topological polar surface area (TPSA) is 26.3 Å². The van der Waals surface area contributed by atoms with Crippen LogP contribution in [0.2, 0.25) is 0 Å². The maximum absolute atomic E-state index is 11.0. The molecule has 12 heavy (non-hydrogen) atoms. The fourth-order valence-electron chi connectivity index (χ4n) is 0.380. The first kappa shape index (κ1) is 12.4. The molecule has 0 N–H and O–H groups in total. The van der Waals surface area contributed by atoms with Crippen molar-refractivity contribution in [1.29, 1.82) is 0 Å². The van der Waals surface area contributed by atoms with Crippen molar-refractivity contribution in [2.45, 2.75) is 3.79 Å². The molecule has 6 heteroatoms. The monoisotopic (exact) mass is 250 g/mol. The van der Waals surface area contributed by atoms with Gasteiger partial charge in [-0.3, -0.25) is 4.79 Å². The second-order valence-electron chi connectivity index (χ2n) is 1.81. The molecule has 0 aromatic carbocycles. The molecule has 0 amide bonds.